The lowest BCUT2D eigenvalue weighted by molar-refractivity contribution is 0.553. The quantitative estimate of drug-likeness (QED) is 0.175. The summed E-state index contributed by atoms with van der Waals surface area (Å²) in [7, 11) is 0. The average Bonchev–Trinajstić information content (AvgIpc) is 3.57. The van der Waals surface area contributed by atoms with Crippen LogP contribution in [0.15, 0.2) is 181 Å². The summed E-state index contributed by atoms with van der Waals surface area (Å²) in [6.45, 7) is 7.22. The number of hydrogen-bond donors (Lipinski definition) is 0. The zero-order chi connectivity index (χ0) is 36.2. The second-order valence-electron chi connectivity index (χ2n) is 15.9. The van der Waals surface area contributed by atoms with Crippen LogP contribution in [0.3, 0.4) is 0 Å². The average molecular weight is 693 g/mol. The Kier molecular flexibility index (Phi) is 6.59. The largest absolute Gasteiger partial charge is 0.309 e. The highest BCUT2D eigenvalue weighted by Crippen LogP contribution is 2.60. The molecule has 0 fully saturated rings. The van der Waals surface area contributed by atoms with Crippen LogP contribution in [0.5, 0.6) is 0 Å². The maximum atomic E-state index is 5.35. The fourth-order valence-electron chi connectivity index (χ4n) is 10.4. The minimum Gasteiger partial charge on any atom is -0.309 e. The summed E-state index contributed by atoms with van der Waals surface area (Å²) >= 11 is 0. The zero-order valence-corrected chi connectivity index (χ0v) is 30.8. The van der Waals surface area contributed by atoms with E-state index in [9.17, 15) is 0 Å². The van der Waals surface area contributed by atoms with Gasteiger partial charge in [-0.3, -0.25) is 4.99 Å². The fraction of sp³-hybridized carbons (Fsp3) is 0.135. The number of aliphatic imine (C=N–C) groups is 1. The van der Waals surface area contributed by atoms with Crippen LogP contribution in [0.4, 0.5) is 0 Å². The normalized spacial score (nSPS) is 20.6. The van der Waals surface area contributed by atoms with E-state index < -0.39 is 5.41 Å². The lowest BCUT2D eigenvalue weighted by Gasteiger charge is -2.50. The van der Waals surface area contributed by atoms with Crippen molar-refractivity contribution >= 4 is 33.2 Å². The number of rotatable bonds is 3. The Morgan fingerprint density at radius 3 is 1.93 bits per heavy atom. The van der Waals surface area contributed by atoms with Gasteiger partial charge in [0.25, 0.3) is 0 Å². The molecule has 3 aliphatic rings. The third-order valence-corrected chi connectivity index (χ3v) is 12.8. The highest BCUT2D eigenvalue weighted by atomic mass is 15.0. The molecule has 54 heavy (non-hydrogen) atoms. The van der Waals surface area contributed by atoms with E-state index in [2.05, 4.69) is 201 Å². The van der Waals surface area contributed by atoms with Crippen LogP contribution in [-0.2, 0) is 10.8 Å². The molecule has 0 amide bonds. The monoisotopic (exact) mass is 692 g/mol. The maximum absolute atomic E-state index is 5.35. The summed E-state index contributed by atoms with van der Waals surface area (Å²) in [6, 6.07) is 63.2. The van der Waals surface area contributed by atoms with Gasteiger partial charge in [0.2, 0.25) is 0 Å². The lowest BCUT2D eigenvalue weighted by Crippen LogP contribution is -2.44. The van der Waals surface area contributed by atoms with Crippen molar-refractivity contribution in [1.29, 1.82) is 0 Å². The van der Waals surface area contributed by atoms with E-state index in [1.54, 1.807) is 0 Å². The predicted molar refractivity (Wildman–Crippen MR) is 224 cm³/mol. The molecule has 8 aromatic rings. The van der Waals surface area contributed by atoms with E-state index in [-0.39, 0.29) is 17.3 Å². The van der Waals surface area contributed by atoms with Crippen molar-refractivity contribution in [2.45, 2.75) is 37.5 Å². The number of nitrogens with zero attached hydrogens (tertiary/aromatic N) is 2. The third-order valence-electron chi connectivity index (χ3n) is 12.8. The van der Waals surface area contributed by atoms with Crippen molar-refractivity contribution in [3.63, 3.8) is 0 Å². The van der Waals surface area contributed by atoms with Crippen LogP contribution in [-0.4, -0.2) is 10.3 Å². The topological polar surface area (TPSA) is 17.3 Å². The minimum absolute atomic E-state index is 0.145. The van der Waals surface area contributed by atoms with Gasteiger partial charge in [-0.25, -0.2) is 0 Å². The third kappa shape index (κ3) is 4.09. The van der Waals surface area contributed by atoms with Gasteiger partial charge in [0.15, 0.2) is 0 Å². The second-order valence-corrected chi connectivity index (χ2v) is 15.9. The minimum atomic E-state index is -0.500. The summed E-state index contributed by atoms with van der Waals surface area (Å²) in [6.07, 6.45) is 2.42. The lowest BCUT2D eigenvalue weighted by atomic mass is 9.53. The van der Waals surface area contributed by atoms with Gasteiger partial charge < -0.3 is 4.57 Å². The summed E-state index contributed by atoms with van der Waals surface area (Å²) in [4.78, 5) is 5.35. The molecular formula is C52H40N2. The molecule has 7 aromatic carbocycles. The Bertz CT molecular complexity index is 2870. The van der Waals surface area contributed by atoms with Gasteiger partial charge in [0.05, 0.1) is 33.5 Å². The standard InChI is InChI=1S/C52H40N2/c1-33-39(32-46(34-17-6-4-7-18-34)53-49(33)35-19-8-5-9-20-35)36-29-30-42-45(31-36)51(2,3)40-23-11-12-24-41(40)52(42)43-25-13-15-28-48(43)54-47-27-14-10-21-37(47)38-22-16-26-44(52)50(38)54/h4-33,39H,1-3H3. The van der Waals surface area contributed by atoms with Crippen LogP contribution < -0.4 is 0 Å². The molecule has 2 heteroatoms. The van der Waals surface area contributed by atoms with Gasteiger partial charge in [-0.2, -0.15) is 0 Å². The molecule has 2 nitrogen and oxygen atoms in total. The Hall–Kier alpha value is -6.25. The van der Waals surface area contributed by atoms with Crippen LogP contribution in [0.2, 0.25) is 0 Å². The molecule has 1 aliphatic carbocycles. The molecule has 11 rings (SSSR count). The van der Waals surface area contributed by atoms with E-state index in [4.69, 9.17) is 4.99 Å². The zero-order valence-electron chi connectivity index (χ0n) is 30.8. The molecule has 1 spiro atoms. The molecule has 2 aliphatic heterocycles. The van der Waals surface area contributed by atoms with Crippen LogP contribution in [0.25, 0.3) is 33.2 Å². The van der Waals surface area contributed by atoms with E-state index in [0.717, 1.165) is 17.0 Å². The number of fused-ring (bicyclic) bond motifs is 11. The van der Waals surface area contributed by atoms with Crippen LogP contribution in [0.1, 0.15) is 76.8 Å². The summed E-state index contributed by atoms with van der Waals surface area (Å²) < 4.78 is 2.53. The van der Waals surface area contributed by atoms with Crippen molar-refractivity contribution in [3.8, 4) is 5.69 Å². The first kappa shape index (κ1) is 31.3. The van der Waals surface area contributed by atoms with Gasteiger partial charge in [-0.05, 0) is 68.3 Å². The van der Waals surface area contributed by atoms with Crippen molar-refractivity contribution in [3.05, 3.63) is 226 Å². The first-order valence-electron chi connectivity index (χ1n) is 19.3. The van der Waals surface area contributed by atoms with Gasteiger partial charge in [-0.15, -0.1) is 0 Å². The number of allylic oxidation sites excluding steroid dienone is 1. The summed E-state index contributed by atoms with van der Waals surface area (Å²) in [5.74, 6) is 0.331. The number of aromatic nitrogens is 1. The molecule has 3 heterocycles. The van der Waals surface area contributed by atoms with Gasteiger partial charge in [0.1, 0.15) is 0 Å². The molecule has 0 N–H and O–H groups in total. The van der Waals surface area contributed by atoms with Gasteiger partial charge in [-0.1, -0.05) is 178 Å². The van der Waals surface area contributed by atoms with Gasteiger partial charge in [0, 0.05) is 28.0 Å². The molecular weight excluding hydrogens is 653 g/mol. The second kappa shape index (κ2) is 11.4. The van der Waals surface area contributed by atoms with Crippen molar-refractivity contribution in [1.82, 2.24) is 4.57 Å². The van der Waals surface area contributed by atoms with Crippen molar-refractivity contribution in [2.75, 3.05) is 0 Å². The summed E-state index contributed by atoms with van der Waals surface area (Å²) in [5.41, 5.74) is 17.1. The van der Waals surface area contributed by atoms with E-state index in [0.29, 0.717) is 0 Å². The summed E-state index contributed by atoms with van der Waals surface area (Å²) in [5, 5.41) is 2.60. The molecule has 0 saturated carbocycles. The molecule has 0 bridgehead atoms. The number of para-hydroxylation sites is 3. The maximum Gasteiger partial charge on any atom is 0.0748 e. The molecule has 0 saturated heterocycles. The Morgan fingerprint density at radius 1 is 0.519 bits per heavy atom. The van der Waals surface area contributed by atoms with E-state index in [1.165, 1.54) is 72.0 Å². The van der Waals surface area contributed by atoms with E-state index >= 15 is 0 Å². The fourth-order valence-corrected chi connectivity index (χ4v) is 10.4. The molecule has 1 aromatic heterocycles. The smallest absolute Gasteiger partial charge is 0.0748 e. The highest BCUT2D eigenvalue weighted by molar-refractivity contribution is 6.12. The first-order valence-corrected chi connectivity index (χ1v) is 19.3. The first-order chi connectivity index (χ1) is 26.5. The van der Waals surface area contributed by atoms with Crippen molar-refractivity contribution in [2.24, 2.45) is 10.9 Å². The molecule has 0 radical (unpaired) electrons. The predicted octanol–water partition coefficient (Wildman–Crippen LogP) is 12.4. The van der Waals surface area contributed by atoms with Crippen molar-refractivity contribution < 1.29 is 0 Å². The SMILES string of the molecule is CC1C(c2ccccc2)=NC(c2ccccc2)=CC1c1ccc2c(c1)C(C)(C)c1ccccc1C21c2ccccc2-n2c3ccccc3c3cccc1c32. The molecule has 3 unspecified atom stereocenters. The Labute approximate surface area is 316 Å². The van der Waals surface area contributed by atoms with Gasteiger partial charge >= 0.3 is 0 Å². The Morgan fingerprint density at radius 2 is 1.13 bits per heavy atom. The van der Waals surface area contributed by atoms with Crippen LogP contribution in [0, 0.1) is 5.92 Å². The van der Waals surface area contributed by atoms with E-state index in [1.807, 2.05) is 0 Å². The molecule has 258 valence electrons. The highest BCUT2D eigenvalue weighted by Gasteiger charge is 2.52. The number of benzene rings is 7. The Balaban J connectivity index is 1.20. The van der Waals surface area contributed by atoms with Crippen LogP contribution >= 0.6 is 0 Å². The number of hydrogen-bond acceptors (Lipinski definition) is 1. The molecule has 3 atom stereocenters.